The molecule has 164 valence electrons. The fourth-order valence-electron chi connectivity index (χ4n) is 4.28. The van der Waals surface area contributed by atoms with Gasteiger partial charge in [-0.2, -0.15) is 0 Å². The molecule has 2 fully saturated rings. The zero-order valence-electron chi connectivity index (χ0n) is 18.3. The predicted octanol–water partition coefficient (Wildman–Crippen LogP) is 3.73. The summed E-state index contributed by atoms with van der Waals surface area (Å²) in [7, 11) is -3.09. The van der Waals surface area contributed by atoms with Crippen molar-refractivity contribution >= 4 is 26.8 Å². The minimum Gasteiger partial charge on any atom is -0.336 e. The third-order valence-corrected chi connectivity index (χ3v) is 7.59. The van der Waals surface area contributed by atoms with Gasteiger partial charge in [-0.15, -0.1) is 0 Å². The molecule has 0 spiro atoms. The number of hydrogen-bond donors (Lipinski definition) is 0. The second kappa shape index (κ2) is 7.62. The fraction of sp³-hybridized carbons (Fsp3) is 0.682. The van der Waals surface area contributed by atoms with Crippen molar-refractivity contribution < 1.29 is 17.7 Å². The van der Waals surface area contributed by atoms with Gasteiger partial charge in [0.05, 0.1) is 28.1 Å². The van der Waals surface area contributed by atoms with Crippen LogP contribution >= 0.6 is 0 Å². The molecule has 2 aliphatic rings. The second-order valence-corrected chi connectivity index (χ2v) is 12.2. The minimum atomic E-state index is -3.09. The molecule has 4 rings (SSSR count). The average Bonchev–Trinajstić information content (AvgIpc) is 3.35. The molecule has 0 aromatic carbocycles. The normalized spacial score (nSPS) is 21.3. The molecule has 0 bridgehead atoms. The largest absolute Gasteiger partial charge is 0.336 e. The Morgan fingerprint density at radius 2 is 2.00 bits per heavy atom. The lowest BCUT2D eigenvalue weighted by Crippen LogP contribution is -2.41. The first kappa shape index (κ1) is 21.3. The van der Waals surface area contributed by atoms with E-state index in [1.54, 1.807) is 4.90 Å². The number of fused-ring (bicyclic) bond motifs is 1. The smallest absolute Gasteiger partial charge is 0.259 e. The van der Waals surface area contributed by atoms with E-state index in [0.717, 1.165) is 30.7 Å². The molecule has 2 aromatic rings. The summed E-state index contributed by atoms with van der Waals surface area (Å²) in [5, 5.41) is 4.95. The molecular weight excluding hydrogens is 402 g/mol. The Kier molecular flexibility index (Phi) is 5.41. The topological polar surface area (TPSA) is 93.4 Å². The van der Waals surface area contributed by atoms with Crippen LogP contribution in [0.15, 0.2) is 10.6 Å². The fourth-order valence-corrected chi connectivity index (χ4v) is 6.01. The number of sulfone groups is 1. The molecule has 1 unspecified atom stereocenters. The lowest BCUT2D eigenvalue weighted by atomic mass is 9.89. The number of carbonyl (C=O) groups excluding carboxylic acids is 1. The zero-order chi connectivity index (χ0) is 21.7. The van der Waals surface area contributed by atoms with E-state index < -0.39 is 9.84 Å². The van der Waals surface area contributed by atoms with Crippen molar-refractivity contribution in [2.24, 2.45) is 5.41 Å². The van der Waals surface area contributed by atoms with E-state index in [1.807, 2.05) is 13.0 Å². The van der Waals surface area contributed by atoms with Gasteiger partial charge in [0.25, 0.3) is 11.6 Å². The van der Waals surface area contributed by atoms with Gasteiger partial charge >= 0.3 is 0 Å². The molecule has 1 aliphatic carbocycles. The molecule has 0 N–H and O–H groups in total. The van der Waals surface area contributed by atoms with Gasteiger partial charge < -0.3 is 9.42 Å². The summed E-state index contributed by atoms with van der Waals surface area (Å²) in [6, 6.07) is 1.62. The second-order valence-electron chi connectivity index (χ2n) is 9.97. The Bertz CT molecular complexity index is 1060. The number of hydrogen-bond acceptors (Lipinski definition) is 6. The number of aromatic nitrogens is 2. The number of carbonyl (C=O) groups is 1. The van der Waals surface area contributed by atoms with E-state index >= 15 is 0 Å². The third kappa shape index (κ3) is 4.38. The Labute approximate surface area is 178 Å². The summed E-state index contributed by atoms with van der Waals surface area (Å²) < 4.78 is 29.7. The highest BCUT2D eigenvalue weighted by Crippen LogP contribution is 2.41. The van der Waals surface area contributed by atoms with Crippen LogP contribution in [-0.4, -0.2) is 53.5 Å². The van der Waals surface area contributed by atoms with Gasteiger partial charge in [-0.3, -0.25) is 4.79 Å². The third-order valence-electron chi connectivity index (χ3n) is 5.84. The van der Waals surface area contributed by atoms with Crippen molar-refractivity contribution in [3.63, 3.8) is 0 Å². The van der Waals surface area contributed by atoms with Crippen LogP contribution in [0.2, 0.25) is 0 Å². The van der Waals surface area contributed by atoms with Gasteiger partial charge in [-0.05, 0) is 43.6 Å². The van der Waals surface area contributed by atoms with Gasteiger partial charge in [0.2, 0.25) is 0 Å². The SMILES string of the molecule is CCCN(C(=O)c1cc(C2CC2)nc2onc(CC(C)(C)C)c12)C1CCS(=O)(=O)C1. The van der Waals surface area contributed by atoms with Crippen LogP contribution in [0.5, 0.6) is 0 Å². The maximum Gasteiger partial charge on any atom is 0.259 e. The first-order valence-corrected chi connectivity index (χ1v) is 12.7. The van der Waals surface area contributed by atoms with Gasteiger partial charge in [0, 0.05) is 24.2 Å². The summed E-state index contributed by atoms with van der Waals surface area (Å²) in [4.78, 5) is 20.2. The molecule has 30 heavy (non-hydrogen) atoms. The van der Waals surface area contributed by atoms with Crippen molar-refractivity contribution in [2.45, 2.75) is 71.8 Å². The molecule has 1 saturated heterocycles. The highest BCUT2D eigenvalue weighted by atomic mass is 32.2. The average molecular weight is 434 g/mol. The van der Waals surface area contributed by atoms with E-state index in [9.17, 15) is 13.2 Å². The van der Waals surface area contributed by atoms with E-state index in [-0.39, 0.29) is 28.9 Å². The van der Waals surface area contributed by atoms with E-state index in [0.29, 0.717) is 42.0 Å². The Morgan fingerprint density at radius 3 is 2.57 bits per heavy atom. The Balaban J connectivity index is 1.80. The lowest BCUT2D eigenvalue weighted by molar-refractivity contribution is 0.0698. The van der Waals surface area contributed by atoms with E-state index in [2.05, 4.69) is 30.9 Å². The first-order chi connectivity index (χ1) is 14.1. The summed E-state index contributed by atoms with van der Waals surface area (Å²) in [6.07, 6.45) is 4.06. The molecule has 0 radical (unpaired) electrons. The van der Waals surface area contributed by atoms with E-state index in [4.69, 9.17) is 4.52 Å². The van der Waals surface area contributed by atoms with Crippen molar-refractivity contribution in [1.29, 1.82) is 0 Å². The van der Waals surface area contributed by atoms with Crippen molar-refractivity contribution in [1.82, 2.24) is 15.0 Å². The molecule has 3 heterocycles. The maximum absolute atomic E-state index is 13.8. The molecular formula is C22H31N3O4S. The first-order valence-electron chi connectivity index (χ1n) is 10.9. The summed E-state index contributed by atoms with van der Waals surface area (Å²) in [5.41, 5.74) is 2.56. The number of amides is 1. The lowest BCUT2D eigenvalue weighted by Gasteiger charge is -2.28. The van der Waals surface area contributed by atoms with Crippen LogP contribution in [-0.2, 0) is 16.3 Å². The molecule has 1 saturated carbocycles. The summed E-state index contributed by atoms with van der Waals surface area (Å²) >= 11 is 0. The van der Waals surface area contributed by atoms with Crippen LogP contribution in [0.4, 0.5) is 0 Å². The molecule has 7 nitrogen and oxygen atoms in total. The molecule has 1 atom stereocenters. The maximum atomic E-state index is 13.8. The quantitative estimate of drug-likeness (QED) is 0.689. The Morgan fingerprint density at radius 1 is 1.27 bits per heavy atom. The minimum absolute atomic E-state index is 0.0259. The number of pyridine rings is 1. The number of nitrogens with zero attached hydrogens (tertiary/aromatic N) is 3. The van der Waals surface area contributed by atoms with Crippen molar-refractivity contribution in [3.8, 4) is 0 Å². The summed E-state index contributed by atoms with van der Waals surface area (Å²) in [6.45, 7) is 8.89. The van der Waals surface area contributed by atoms with Crippen LogP contribution in [0.3, 0.4) is 0 Å². The monoisotopic (exact) mass is 433 g/mol. The highest BCUT2D eigenvalue weighted by Gasteiger charge is 2.37. The molecule has 1 aliphatic heterocycles. The van der Waals surface area contributed by atoms with Gasteiger partial charge in [-0.25, -0.2) is 13.4 Å². The van der Waals surface area contributed by atoms with Gasteiger partial charge in [-0.1, -0.05) is 32.9 Å². The van der Waals surface area contributed by atoms with Crippen LogP contribution in [0.25, 0.3) is 11.1 Å². The van der Waals surface area contributed by atoms with Crippen LogP contribution in [0, 0.1) is 5.41 Å². The van der Waals surface area contributed by atoms with Gasteiger partial charge in [0.1, 0.15) is 0 Å². The molecule has 1 amide bonds. The van der Waals surface area contributed by atoms with Crippen LogP contribution in [0.1, 0.15) is 81.0 Å². The standard InChI is InChI=1S/C22H31N3O4S/c1-5-9-25(15-8-10-30(27,28)13-15)21(26)16-11-17(14-6-7-14)23-20-19(16)18(24-29-20)12-22(2,3)4/h11,14-15H,5-10,12-13H2,1-4H3. The number of rotatable bonds is 6. The highest BCUT2D eigenvalue weighted by molar-refractivity contribution is 7.91. The Hall–Kier alpha value is -1.96. The van der Waals surface area contributed by atoms with Gasteiger partial charge in [0.15, 0.2) is 9.84 Å². The van der Waals surface area contributed by atoms with Crippen molar-refractivity contribution in [3.05, 3.63) is 23.0 Å². The molecule has 2 aromatic heterocycles. The predicted molar refractivity (Wildman–Crippen MR) is 115 cm³/mol. The zero-order valence-corrected chi connectivity index (χ0v) is 19.1. The van der Waals surface area contributed by atoms with Crippen molar-refractivity contribution in [2.75, 3.05) is 18.1 Å². The van der Waals surface area contributed by atoms with Crippen LogP contribution < -0.4 is 0 Å². The molecule has 8 heteroatoms. The summed E-state index contributed by atoms with van der Waals surface area (Å²) in [5.74, 6) is 0.420. The van der Waals surface area contributed by atoms with E-state index in [1.165, 1.54) is 0 Å².